The van der Waals surface area contributed by atoms with Gasteiger partial charge in [0.15, 0.2) is 23.1 Å². The molecule has 0 atom stereocenters. The molecule has 52 heavy (non-hydrogen) atoms. The third-order valence-electron chi connectivity index (χ3n) is 9.27. The number of fused-ring (bicyclic) bond motifs is 2. The van der Waals surface area contributed by atoms with Gasteiger partial charge in [-0.3, -0.25) is 4.90 Å². The highest BCUT2D eigenvalue weighted by atomic mass is 16.5. The Morgan fingerprint density at radius 1 is 0.442 bits per heavy atom. The Morgan fingerprint density at radius 3 is 1.50 bits per heavy atom. The first-order valence-corrected chi connectivity index (χ1v) is 17.4. The minimum Gasteiger partial charge on any atom is -0.453 e. The summed E-state index contributed by atoms with van der Waals surface area (Å²) in [6.45, 7) is 0. The van der Waals surface area contributed by atoms with Crippen LogP contribution in [0.2, 0.25) is 0 Å². The second kappa shape index (κ2) is 13.8. The van der Waals surface area contributed by atoms with Crippen molar-refractivity contribution < 1.29 is 4.74 Å². The number of hydrogen-bond donors (Lipinski definition) is 0. The molecule has 6 heteroatoms. The Kier molecular flexibility index (Phi) is 8.23. The average molecular weight is 672 g/mol. The number of hydrogen-bond acceptors (Lipinski definition) is 6. The van der Waals surface area contributed by atoms with E-state index in [9.17, 15) is 0 Å². The van der Waals surface area contributed by atoms with Crippen molar-refractivity contribution in [3.8, 4) is 56.5 Å². The zero-order chi connectivity index (χ0) is 34.7. The fraction of sp³-hybridized carbons (Fsp3) is 0.0435. The molecule has 0 aliphatic carbocycles. The van der Waals surface area contributed by atoms with Crippen LogP contribution in [-0.2, 0) is 12.8 Å². The van der Waals surface area contributed by atoms with Crippen LogP contribution >= 0.6 is 0 Å². The molecule has 8 aromatic rings. The maximum absolute atomic E-state index is 6.37. The van der Waals surface area contributed by atoms with Crippen molar-refractivity contribution >= 4 is 17.2 Å². The lowest BCUT2D eigenvalue weighted by molar-refractivity contribution is 0.476. The van der Waals surface area contributed by atoms with Gasteiger partial charge in [-0.15, -0.1) is 0 Å². The summed E-state index contributed by atoms with van der Waals surface area (Å²) in [4.78, 5) is 22.4. The van der Waals surface area contributed by atoms with Crippen LogP contribution in [0.25, 0.3) is 45.0 Å². The van der Waals surface area contributed by atoms with E-state index in [2.05, 4.69) is 71.6 Å². The Hall–Kier alpha value is -6.92. The van der Waals surface area contributed by atoms with Crippen molar-refractivity contribution in [2.24, 2.45) is 0 Å². The predicted molar refractivity (Wildman–Crippen MR) is 208 cm³/mol. The summed E-state index contributed by atoms with van der Waals surface area (Å²) in [7, 11) is 0. The minimum absolute atomic E-state index is 0.578. The monoisotopic (exact) mass is 671 g/mol. The van der Waals surface area contributed by atoms with E-state index in [0.717, 1.165) is 73.5 Å². The second-order valence-corrected chi connectivity index (χ2v) is 12.6. The first-order chi connectivity index (χ1) is 25.8. The largest absolute Gasteiger partial charge is 0.453 e. The second-order valence-electron chi connectivity index (χ2n) is 12.6. The number of rotatable bonds is 8. The topological polar surface area (TPSA) is 64.0 Å². The highest BCUT2D eigenvalue weighted by Gasteiger charge is 2.28. The zero-order valence-electron chi connectivity index (χ0n) is 28.3. The molecule has 6 nitrogen and oxygen atoms in total. The highest BCUT2D eigenvalue weighted by molar-refractivity contribution is 5.88. The average Bonchev–Trinajstić information content (AvgIpc) is 3.23. The van der Waals surface area contributed by atoms with Crippen LogP contribution in [0, 0.1) is 0 Å². The van der Waals surface area contributed by atoms with Crippen molar-refractivity contribution in [2.45, 2.75) is 12.8 Å². The first kappa shape index (κ1) is 31.1. The third-order valence-corrected chi connectivity index (χ3v) is 9.27. The summed E-state index contributed by atoms with van der Waals surface area (Å²) < 4.78 is 6.37. The van der Waals surface area contributed by atoms with Gasteiger partial charge in [-0.1, -0.05) is 140 Å². The van der Waals surface area contributed by atoms with E-state index < -0.39 is 0 Å². The number of anilines is 3. The molecule has 0 saturated heterocycles. The van der Waals surface area contributed by atoms with E-state index in [0.29, 0.717) is 24.5 Å². The fourth-order valence-corrected chi connectivity index (χ4v) is 6.78. The molecule has 0 amide bonds. The van der Waals surface area contributed by atoms with E-state index in [-0.39, 0.29) is 0 Å². The maximum atomic E-state index is 6.37. The van der Waals surface area contributed by atoms with Crippen molar-refractivity contribution in [1.82, 2.24) is 19.9 Å². The summed E-state index contributed by atoms with van der Waals surface area (Å²) in [5, 5.41) is 0. The summed E-state index contributed by atoms with van der Waals surface area (Å²) in [5.41, 5.74) is 9.31. The van der Waals surface area contributed by atoms with Gasteiger partial charge in [0, 0.05) is 29.3 Å². The Bertz CT molecular complexity index is 2400. The Morgan fingerprint density at radius 2 is 0.923 bits per heavy atom. The molecule has 0 spiro atoms. The molecule has 9 rings (SSSR count). The zero-order valence-corrected chi connectivity index (χ0v) is 28.3. The van der Waals surface area contributed by atoms with Crippen LogP contribution in [0.5, 0.6) is 11.5 Å². The van der Waals surface area contributed by atoms with Gasteiger partial charge in [-0.2, -0.15) is 0 Å². The minimum atomic E-state index is 0.578. The fourth-order valence-electron chi connectivity index (χ4n) is 6.78. The number of para-hydroxylation sites is 4. The van der Waals surface area contributed by atoms with Gasteiger partial charge in [-0.05, 0) is 59.0 Å². The van der Waals surface area contributed by atoms with Gasteiger partial charge in [0.05, 0.1) is 11.4 Å². The molecule has 0 bridgehead atoms. The molecule has 0 saturated carbocycles. The van der Waals surface area contributed by atoms with Crippen LogP contribution in [0.15, 0.2) is 176 Å². The van der Waals surface area contributed by atoms with Crippen LogP contribution < -0.4 is 9.64 Å². The van der Waals surface area contributed by atoms with Crippen LogP contribution in [0.1, 0.15) is 11.4 Å². The molecular formula is C46H33N5O. The Labute approximate surface area is 302 Å². The summed E-state index contributed by atoms with van der Waals surface area (Å²) in [5.74, 6) is 4.44. The van der Waals surface area contributed by atoms with Gasteiger partial charge < -0.3 is 4.74 Å². The summed E-state index contributed by atoms with van der Waals surface area (Å²) in [6, 6.07) is 57.8. The van der Waals surface area contributed by atoms with Gasteiger partial charge in [0.25, 0.3) is 0 Å². The smallest absolute Gasteiger partial charge is 0.163 e. The molecular weight excluding hydrogens is 639 g/mol. The lowest BCUT2D eigenvalue weighted by Gasteiger charge is -2.33. The Balaban J connectivity index is 1.18. The lowest BCUT2D eigenvalue weighted by Crippen LogP contribution is -2.19. The molecule has 0 radical (unpaired) electrons. The van der Waals surface area contributed by atoms with Crippen LogP contribution in [0.4, 0.5) is 17.2 Å². The standard InChI is InChI=1S/C46H33N5O/c1-4-16-32(17-5-1)37-22-10-11-23-38(37)36-30-35(46(47-31-36)51-39-24-12-14-26-41(39)52-42-27-15-13-25-40(42)51)28-29-43-48-44(33-18-6-2-7-19-33)50-45(49-43)34-20-8-3-9-21-34/h1-27,30-31H,28-29H2. The summed E-state index contributed by atoms with van der Waals surface area (Å²) >= 11 is 0. The number of aromatic nitrogens is 4. The molecule has 2 aromatic heterocycles. The van der Waals surface area contributed by atoms with E-state index in [1.54, 1.807) is 0 Å². The predicted octanol–water partition coefficient (Wildman–Crippen LogP) is 11.3. The number of aryl methyl sites for hydroxylation is 2. The molecule has 0 fully saturated rings. The summed E-state index contributed by atoms with van der Waals surface area (Å²) in [6.07, 6.45) is 3.21. The van der Waals surface area contributed by atoms with Crippen molar-refractivity contribution in [1.29, 1.82) is 0 Å². The normalized spacial score (nSPS) is 11.7. The molecule has 1 aliphatic rings. The van der Waals surface area contributed by atoms with Crippen molar-refractivity contribution in [3.63, 3.8) is 0 Å². The van der Waals surface area contributed by atoms with E-state index >= 15 is 0 Å². The molecule has 0 unspecified atom stereocenters. The van der Waals surface area contributed by atoms with Crippen LogP contribution in [0.3, 0.4) is 0 Å². The van der Waals surface area contributed by atoms with E-state index in [1.807, 2.05) is 109 Å². The van der Waals surface area contributed by atoms with Crippen molar-refractivity contribution in [2.75, 3.05) is 4.90 Å². The van der Waals surface area contributed by atoms with Gasteiger partial charge in [-0.25, -0.2) is 19.9 Å². The molecule has 0 N–H and O–H groups in total. The SMILES string of the molecule is c1ccc(-c2nc(CCc3cc(-c4ccccc4-c4ccccc4)cnc3N3c4ccccc4Oc4ccccc43)nc(-c3ccccc3)n2)cc1. The number of benzene rings is 6. The quantitative estimate of drug-likeness (QED) is 0.160. The van der Waals surface area contributed by atoms with E-state index in [4.69, 9.17) is 24.7 Å². The number of pyridine rings is 1. The first-order valence-electron chi connectivity index (χ1n) is 17.4. The van der Waals surface area contributed by atoms with Gasteiger partial charge in [0.1, 0.15) is 11.6 Å². The van der Waals surface area contributed by atoms with Gasteiger partial charge >= 0.3 is 0 Å². The molecule has 1 aliphatic heterocycles. The molecule has 6 aromatic carbocycles. The number of nitrogens with zero attached hydrogens (tertiary/aromatic N) is 5. The molecule has 3 heterocycles. The van der Waals surface area contributed by atoms with Gasteiger partial charge in [0.2, 0.25) is 0 Å². The molecule has 248 valence electrons. The maximum Gasteiger partial charge on any atom is 0.163 e. The third kappa shape index (κ3) is 6.07. The lowest BCUT2D eigenvalue weighted by atomic mass is 9.94. The van der Waals surface area contributed by atoms with E-state index in [1.165, 1.54) is 0 Å². The number of ether oxygens (including phenoxy) is 1. The highest BCUT2D eigenvalue weighted by Crippen LogP contribution is 2.50. The van der Waals surface area contributed by atoms with Crippen LogP contribution in [-0.4, -0.2) is 19.9 Å². The van der Waals surface area contributed by atoms with Crippen molar-refractivity contribution in [3.05, 3.63) is 187 Å².